The van der Waals surface area contributed by atoms with Gasteiger partial charge in [0.25, 0.3) is 0 Å². The van der Waals surface area contributed by atoms with Crippen molar-refractivity contribution in [3.05, 3.63) is 41.8 Å². The summed E-state index contributed by atoms with van der Waals surface area (Å²) < 4.78 is 3.34. The number of fused-ring (bicyclic) bond motifs is 2. The zero-order chi connectivity index (χ0) is 14.3. The number of benzene rings is 2. The molecule has 0 saturated carbocycles. The van der Waals surface area contributed by atoms with E-state index in [1.54, 1.807) is 11.3 Å². The molecule has 1 aromatic carbocycles. The van der Waals surface area contributed by atoms with E-state index in [2.05, 4.69) is 74.1 Å². The lowest BCUT2D eigenvalue weighted by Crippen LogP contribution is -2.21. The van der Waals surface area contributed by atoms with E-state index in [4.69, 9.17) is 4.98 Å². The Morgan fingerprint density at radius 3 is 2.48 bits per heavy atom. The lowest BCUT2D eigenvalue weighted by Gasteiger charge is -2.13. The Kier molecular flexibility index (Phi) is 4.49. The maximum absolute atomic E-state index is 4.75. The first-order chi connectivity index (χ1) is 9.54. The van der Waals surface area contributed by atoms with E-state index >= 15 is 0 Å². The molecule has 3 nitrogen and oxygen atoms in total. The van der Waals surface area contributed by atoms with E-state index in [0.717, 1.165) is 11.2 Å². The third-order valence-electron chi connectivity index (χ3n) is 3.38. The van der Waals surface area contributed by atoms with Gasteiger partial charge in [0, 0.05) is 31.9 Å². The van der Waals surface area contributed by atoms with Crippen LogP contribution >= 0.6 is 23.7 Å². The number of nitrogens with zero attached hydrogens (tertiary/aromatic N) is 3. The van der Waals surface area contributed by atoms with E-state index in [9.17, 15) is 0 Å². The van der Waals surface area contributed by atoms with Gasteiger partial charge in [0.2, 0.25) is 5.36 Å². The molecule has 0 amide bonds. The second-order valence-corrected chi connectivity index (χ2v) is 6.39. The van der Waals surface area contributed by atoms with Crippen molar-refractivity contribution in [3.63, 3.8) is 0 Å². The van der Waals surface area contributed by atoms with Crippen molar-refractivity contribution in [3.8, 4) is 10.6 Å². The van der Waals surface area contributed by atoms with Crippen LogP contribution in [0.5, 0.6) is 0 Å². The predicted molar refractivity (Wildman–Crippen MR) is 94.9 cm³/mol. The summed E-state index contributed by atoms with van der Waals surface area (Å²) in [5.41, 5.74) is 3.33. The maximum atomic E-state index is 4.75. The summed E-state index contributed by atoms with van der Waals surface area (Å²) in [6.07, 6.45) is 0. The molecule has 1 aliphatic heterocycles. The molecule has 1 heterocycles. The van der Waals surface area contributed by atoms with Crippen LogP contribution in [0, 0.1) is 0 Å². The molecule has 0 unspecified atom stereocenters. The van der Waals surface area contributed by atoms with Crippen molar-refractivity contribution < 1.29 is 0 Å². The van der Waals surface area contributed by atoms with Crippen LogP contribution in [0.15, 0.2) is 36.4 Å². The molecule has 5 heteroatoms. The van der Waals surface area contributed by atoms with Gasteiger partial charge in [-0.15, -0.1) is 23.7 Å². The van der Waals surface area contributed by atoms with E-state index < -0.39 is 0 Å². The molecular formula is C16H19ClN3S+. The zero-order valence-electron chi connectivity index (χ0n) is 12.6. The van der Waals surface area contributed by atoms with Crippen LogP contribution in [0.4, 0.5) is 5.69 Å². The summed E-state index contributed by atoms with van der Waals surface area (Å²) >= 11 is 1.80. The quantitative estimate of drug-likeness (QED) is 0.507. The smallest absolute Gasteiger partial charge is 0.201 e. The average molecular weight is 321 g/mol. The highest BCUT2D eigenvalue weighted by Crippen LogP contribution is 2.31. The monoisotopic (exact) mass is 320 g/mol. The minimum Gasteiger partial charge on any atom is -0.378 e. The van der Waals surface area contributed by atoms with Crippen LogP contribution in [0.2, 0.25) is 0 Å². The summed E-state index contributed by atoms with van der Waals surface area (Å²) in [7, 11) is 8.24. The van der Waals surface area contributed by atoms with Crippen molar-refractivity contribution in [1.82, 2.24) is 9.56 Å². The third-order valence-corrected chi connectivity index (χ3v) is 4.47. The minimum atomic E-state index is 0. The van der Waals surface area contributed by atoms with E-state index in [0.29, 0.717) is 0 Å². The molecule has 1 aliphatic carbocycles. The Morgan fingerprint density at radius 1 is 1.05 bits per heavy atom. The van der Waals surface area contributed by atoms with Crippen LogP contribution in [-0.4, -0.2) is 33.2 Å². The molecule has 0 spiro atoms. The molecule has 0 atom stereocenters. The first-order valence-electron chi connectivity index (χ1n) is 6.57. The van der Waals surface area contributed by atoms with Gasteiger partial charge in [-0.3, -0.25) is 0 Å². The molecule has 2 aliphatic rings. The van der Waals surface area contributed by atoms with E-state index in [1.807, 2.05) is 0 Å². The van der Waals surface area contributed by atoms with Crippen LogP contribution in [0.25, 0.3) is 20.8 Å². The highest BCUT2D eigenvalue weighted by Gasteiger charge is 2.09. The first-order valence-corrected chi connectivity index (χ1v) is 7.38. The largest absolute Gasteiger partial charge is 0.378 e. The van der Waals surface area contributed by atoms with Gasteiger partial charge in [0.1, 0.15) is 14.1 Å². The SMILES string of the molecule is CN(C)c1ccc2nc3ccc(=[N+](C)C)cc-3sc2c1.Cl. The van der Waals surface area contributed by atoms with Gasteiger partial charge in [0.05, 0.1) is 20.8 Å². The standard InChI is InChI=1S/C16H18N3S.ClH/c1-18(2)11-5-7-13-15(9-11)20-16-10-12(19(3)4)6-8-14(16)17-13;/h5-10H,1-4H3;1H/q+1;. The number of halogens is 1. The number of hydrogen-bond acceptors (Lipinski definition) is 3. The molecule has 21 heavy (non-hydrogen) atoms. The van der Waals surface area contributed by atoms with Gasteiger partial charge in [0.15, 0.2) is 0 Å². The fourth-order valence-corrected chi connectivity index (χ4v) is 3.19. The Balaban J connectivity index is 0.00000161. The Hall–Kier alpha value is -1.65. The van der Waals surface area contributed by atoms with Gasteiger partial charge in [-0.1, -0.05) is 0 Å². The van der Waals surface area contributed by atoms with E-state index in [1.165, 1.54) is 20.6 Å². The Morgan fingerprint density at radius 2 is 1.81 bits per heavy atom. The first kappa shape index (κ1) is 15.7. The summed E-state index contributed by atoms with van der Waals surface area (Å²) in [6.45, 7) is 0. The van der Waals surface area contributed by atoms with Crippen LogP contribution < -0.4 is 14.8 Å². The van der Waals surface area contributed by atoms with Crippen LogP contribution in [0.1, 0.15) is 0 Å². The molecule has 0 fully saturated rings. The van der Waals surface area contributed by atoms with Crippen molar-refractivity contribution >= 4 is 39.6 Å². The van der Waals surface area contributed by atoms with Gasteiger partial charge in [-0.2, -0.15) is 0 Å². The second-order valence-electron chi connectivity index (χ2n) is 5.31. The van der Waals surface area contributed by atoms with Crippen LogP contribution in [0.3, 0.4) is 0 Å². The van der Waals surface area contributed by atoms with Gasteiger partial charge in [-0.05, 0) is 24.3 Å². The van der Waals surface area contributed by atoms with Crippen molar-refractivity contribution in [1.29, 1.82) is 0 Å². The Bertz CT molecular complexity index is 819. The third kappa shape index (κ3) is 3.01. The molecule has 110 valence electrons. The zero-order valence-corrected chi connectivity index (χ0v) is 14.3. The van der Waals surface area contributed by atoms with Gasteiger partial charge >= 0.3 is 0 Å². The van der Waals surface area contributed by atoms with E-state index in [-0.39, 0.29) is 12.4 Å². The molecule has 0 N–H and O–H groups in total. The van der Waals surface area contributed by atoms with Crippen molar-refractivity contribution in [2.75, 3.05) is 33.1 Å². The van der Waals surface area contributed by atoms with Crippen molar-refractivity contribution in [2.45, 2.75) is 0 Å². The van der Waals surface area contributed by atoms with Gasteiger partial charge < -0.3 is 4.90 Å². The molecular weight excluding hydrogens is 302 g/mol. The topological polar surface area (TPSA) is 19.1 Å². The second kappa shape index (κ2) is 6.00. The normalized spacial score (nSPS) is 10.5. The average Bonchev–Trinajstić information content (AvgIpc) is 2.43. The summed E-state index contributed by atoms with van der Waals surface area (Å²) in [5.74, 6) is 0. The highest BCUT2D eigenvalue weighted by atomic mass is 35.5. The molecule has 0 bridgehead atoms. The molecule has 0 aromatic heterocycles. The molecule has 0 saturated heterocycles. The lowest BCUT2D eigenvalue weighted by atomic mass is 10.2. The molecule has 3 rings (SSSR count). The lowest BCUT2D eigenvalue weighted by molar-refractivity contribution is 0.814. The predicted octanol–water partition coefficient (Wildman–Crippen LogP) is 2.92. The van der Waals surface area contributed by atoms with Crippen molar-refractivity contribution in [2.24, 2.45) is 0 Å². The fourth-order valence-electron chi connectivity index (χ4n) is 2.16. The molecule has 0 radical (unpaired) electrons. The van der Waals surface area contributed by atoms with Gasteiger partial charge in [-0.25, -0.2) is 9.56 Å². The number of rotatable bonds is 1. The maximum Gasteiger partial charge on any atom is 0.201 e. The fraction of sp³-hybridized carbons (Fsp3) is 0.250. The van der Waals surface area contributed by atoms with Crippen LogP contribution in [-0.2, 0) is 0 Å². The minimum absolute atomic E-state index is 0. The Labute approximate surface area is 134 Å². The molecule has 1 aromatic rings. The summed E-state index contributed by atoms with van der Waals surface area (Å²) in [4.78, 5) is 8.09. The number of anilines is 1. The number of hydrogen-bond donors (Lipinski definition) is 0. The highest BCUT2D eigenvalue weighted by molar-refractivity contribution is 7.21. The summed E-state index contributed by atoms with van der Waals surface area (Å²) in [6, 6.07) is 12.8. The summed E-state index contributed by atoms with van der Waals surface area (Å²) in [5, 5.41) is 1.21. The number of aromatic nitrogens is 1.